The standard InChI is InChI=1S/C20H31N3O2S/c1-2-10-22-11-5-20(6-12-22)7-13-23(14-17(20)15-24)19(25)16-26-18-3-8-21-9-4-18/h3-4,8-9,17,24H,2,5-7,10-16H2,1H3/t17-/m0/s1. The number of likely N-dealkylation sites (tertiary alicyclic amines) is 2. The Balaban J connectivity index is 1.53. The van der Waals surface area contributed by atoms with Crippen molar-refractivity contribution in [1.29, 1.82) is 0 Å². The maximum Gasteiger partial charge on any atom is 0.232 e. The number of aliphatic hydroxyl groups excluding tert-OH is 1. The van der Waals surface area contributed by atoms with Crippen LogP contribution in [0.25, 0.3) is 0 Å². The molecule has 0 unspecified atom stereocenters. The van der Waals surface area contributed by atoms with Gasteiger partial charge in [-0.1, -0.05) is 6.92 Å². The third-order valence-electron chi connectivity index (χ3n) is 6.16. The molecule has 1 atom stereocenters. The van der Waals surface area contributed by atoms with E-state index in [0.29, 0.717) is 12.3 Å². The summed E-state index contributed by atoms with van der Waals surface area (Å²) in [6.45, 7) is 7.41. The number of hydrogen-bond donors (Lipinski definition) is 1. The van der Waals surface area contributed by atoms with Crippen molar-refractivity contribution in [3.63, 3.8) is 0 Å². The van der Waals surface area contributed by atoms with Gasteiger partial charge in [-0.25, -0.2) is 0 Å². The van der Waals surface area contributed by atoms with Crippen molar-refractivity contribution in [3.05, 3.63) is 24.5 Å². The molecule has 0 bridgehead atoms. The zero-order chi connectivity index (χ0) is 18.4. The summed E-state index contributed by atoms with van der Waals surface area (Å²) >= 11 is 1.56. The summed E-state index contributed by atoms with van der Waals surface area (Å²) in [5.74, 6) is 0.859. The van der Waals surface area contributed by atoms with Crippen LogP contribution in [0.5, 0.6) is 0 Å². The van der Waals surface area contributed by atoms with Gasteiger partial charge < -0.3 is 14.9 Å². The van der Waals surface area contributed by atoms with Crippen LogP contribution in [0.1, 0.15) is 32.6 Å². The van der Waals surface area contributed by atoms with Crippen molar-refractivity contribution >= 4 is 17.7 Å². The third-order valence-corrected chi connectivity index (χ3v) is 7.16. The zero-order valence-corrected chi connectivity index (χ0v) is 16.6. The predicted molar refractivity (Wildman–Crippen MR) is 105 cm³/mol. The monoisotopic (exact) mass is 377 g/mol. The fraction of sp³-hybridized carbons (Fsp3) is 0.700. The molecule has 26 heavy (non-hydrogen) atoms. The molecule has 0 radical (unpaired) electrons. The lowest BCUT2D eigenvalue weighted by Crippen LogP contribution is -2.55. The van der Waals surface area contributed by atoms with Crippen LogP contribution in [0.15, 0.2) is 29.4 Å². The number of aromatic nitrogens is 1. The van der Waals surface area contributed by atoms with Crippen molar-refractivity contribution in [2.75, 3.05) is 45.1 Å². The first-order chi connectivity index (χ1) is 12.7. The highest BCUT2D eigenvalue weighted by atomic mass is 32.2. The molecular formula is C20H31N3O2S. The number of hydrogen-bond acceptors (Lipinski definition) is 5. The van der Waals surface area contributed by atoms with Crippen LogP contribution in [0.3, 0.4) is 0 Å². The van der Waals surface area contributed by atoms with Crippen LogP contribution in [0.2, 0.25) is 0 Å². The lowest BCUT2D eigenvalue weighted by Gasteiger charge is -2.51. The molecule has 1 N–H and O–H groups in total. The summed E-state index contributed by atoms with van der Waals surface area (Å²) in [6, 6.07) is 3.87. The van der Waals surface area contributed by atoms with Gasteiger partial charge in [0.2, 0.25) is 5.91 Å². The van der Waals surface area contributed by atoms with Gasteiger partial charge in [0.15, 0.2) is 0 Å². The fourth-order valence-corrected chi connectivity index (χ4v) is 5.24. The highest BCUT2D eigenvalue weighted by Gasteiger charge is 2.45. The van der Waals surface area contributed by atoms with E-state index in [9.17, 15) is 9.90 Å². The van der Waals surface area contributed by atoms with Gasteiger partial charge in [-0.15, -0.1) is 11.8 Å². The molecule has 5 nitrogen and oxygen atoms in total. The average molecular weight is 378 g/mol. The third kappa shape index (κ3) is 4.59. The topological polar surface area (TPSA) is 56.7 Å². The van der Waals surface area contributed by atoms with Gasteiger partial charge in [0.05, 0.1) is 5.75 Å². The Morgan fingerprint density at radius 1 is 1.27 bits per heavy atom. The minimum atomic E-state index is 0.184. The smallest absolute Gasteiger partial charge is 0.232 e. The number of rotatable bonds is 6. The molecule has 3 rings (SSSR count). The fourth-order valence-electron chi connectivity index (χ4n) is 4.46. The van der Waals surface area contributed by atoms with E-state index in [4.69, 9.17) is 0 Å². The van der Waals surface area contributed by atoms with E-state index < -0.39 is 0 Å². The Kier molecular flexibility index (Phi) is 6.95. The maximum atomic E-state index is 12.6. The van der Waals surface area contributed by atoms with Crippen LogP contribution in [-0.2, 0) is 4.79 Å². The lowest BCUT2D eigenvalue weighted by molar-refractivity contribution is -0.135. The number of carbonyl (C=O) groups excluding carboxylic acids is 1. The van der Waals surface area contributed by atoms with E-state index in [0.717, 1.165) is 43.8 Å². The van der Waals surface area contributed by atoms with Crippen LogP contribution in [0, 0.1) is 11.3 Å². The number of thioether (sulfide) groups is 1. The van der Waals surface area contributed by atoms with E-state index >= 15 is 0 Å². The van der Waals surface area contributed by atoms with Crippen LogP contribution in [-0.4, -0.2) is 70.9 Å². The number of nitrogens with zero attached hydrogens (tertiary/aromatic N) is 3. The molecular weight excluding hydrogens is 346 g/mol. The Hall–Kier alpha value is -1.11. The molecule has 0 aliphatic carbocycles. The summed E-state index contributed by atoms with van der Waals surface area (Å²) in [5.41, 5.74) is 0.230. The summed E-state index contributed by atoms with van der Waals surface area (Å²) in [6.07, 6.45) is 8.06. The normalized spacial score (nSPS) is 23.3. The van der Waals surface area contributed by atoms with Gasteiger partial charge in [-0.3, -0.25) is 9.78 Å². The first kappa shape index (κ1) is 19.6. The molecule has 1 spiro atoms. The largest absolute Gasteiger partial charge is 0.396 e. The van der Waals surface area contributed by atoms with Crippen molar-refractivity contribution in [1.82, 2.24) is 14.8 Å². The highest BCUT2D eigenvalue weighted by molar-refractivity contribution is 8.00. The predicted octanol–water partition coefficient (Wildman–Crippen LogP) is 2.51. The summed E-state index contributed by atoms with van der Waals surface area (Å²) < 4.78 is 0. The first-order valence-electron chi connectivity index (χ1n) is 9.80. The number of aliphatic hydroxyl groups is 1. The second-order valence-electron chi connectivity index (χ2n) is 7.64. The maximum absolute atomic E-state index is 12.6. The van der Waals surface area contributed by atoms with Gasteiger partial charge in [0.25, 0.3) is 0 Å². The number of pyridine rings is 1. The van der Waals surface area contributed by atoms with Crippen LogP contribution >= 0.6 is 11.8 Å². The summed E-state index contributed by atoms with van der Waals surface area (Å²) in [5, 5.41) is 10.0. The minimum Gasteiger partial charge on any atom is -0.396 e. The SMILES string of the molecule is CCCN1CCC2(CC1)CCN(C(=O)CSc1ccncc1)C[C@H]2CO. The van der Waals surface area contributed by atoms with Crippen LogP contribution in [0.4, 0.5) is 0 Å². The molecule has 3 heterocycles. The zero-order valence-electron chi connectivity index (χ0n) is 15.8. The Morgan fingerprint density at radius 3 is 2.62 bits per heavy atom. The van der Waals surface area contributed by atoms with Gasteiger partial charge >= 0.3 is 0 Å². The molecule has 1 aromatic heterocycles. The highest BCUT2D eigenvalue weighted by Crippen LogP contribution is 2.45. The van der Waals surface area contributed by atoms with E-state index in [1.165, 1.54) is 13.0 Å². The molecule has 2 aliphatic heterocycles. The second-order valence-corrected chi connectivity index (χ2v) is 8.69. The Morgan fingerprint density at radius 2 is 1.96 bits per heavy atom. The molecule has 0 saturated carbocycles. The molecule has 6 heteroatoms. The van der Waals surface area contributed by atoms with Crippen LogP contribution < -0.4 is 0 Å². The Labute approximate surface area is 161 Å². The number of piperidine rings is 2. The summed E-state index contributed by atoms with van der Waals surface area (Å²) in [7, 11) is 0. The first-order valence-corrected chi connectivity index (χ1v) is 10.8. The van der Waals surface area contributed by atoms with Crippen molar-refractivity contribution in [2.45, 2.75) is 37.5 Å². The quantitative estimate of drug-likeness (QED) is 0.772. The Bertz CT molecular complexity index is 576. The van der Waals surface area contributed by atoms with Crippen molar-refractivity contribution in [3.8, 4) is 0 Å². The van der Waals surface area contributed by atoms with Crippen molar-refractivity contribution < 1.29 is 9.90 Å². The molecule has 0 aromatic carbocycles. The lowest BCUT2D eigenvalue weighted by atomic mass is 9.64. The van der Waals surface area contributed by atoms with Gasteiger partial charge in [-0.05, 0) is 62.9 Å². The molecule has 2 fully saturated rings. The molecule has 1 amide bonds. The van der Waals surface area contributed by atoms with E-state index in [2.05, 4.69) is 16.8 Å². The van der Waals surface area contributed by atoms with Crippen molar-refractivity contribution in [2.24, 2.45) is 11.3 Å². The van der Waals surface area contributed by atoms with Gasteiger partial charge in [0, 0.05) is 42.9 Å². The second kappa shape index (κ2) is 9.20. The number of carbonyl (C=O) groups is 1. The van der Waals surface area contributed by atoms with E-state index in [1.54, 1.807) is 24.2 Å². The molecule has 2 aliphatic rings. The van der Waals surface area contributed by atoms with Gasteiger partial charge in [-0.2, -0.15) is 0 Å². The average Bonchev–Trinajstić information content (AvgIpc) is 2.69. The van der Waals surface area contributed by atoms with E-state index in [1.807, 2.05) is 17.0 Å². The minimum absolute atomic E-state index is 0.184. The molecule has 1 aromatic rings. The van der Waals surface area contributed by atoms with E-state index in [-0.39, 0.29) is 23.8 Å². The molecule has 2 saturated heterocycles. The molecule has 144 valence electrons. The summed E-state index contributed by atoms with van der Waals surface area (Å²) in [4.78, 5) is 22.2. The number of amides is 1. The van der Waals surface area contributed by atoms with Gasteiger partial charge in [0.1, 0.15) is 0 Å².